The number of benzene rings is 2. The van der Waals surface area contributed by atoms with Gasteiger partial charge < -0.3 is 25.6 Å². The molecule has 0 saturated carbocycles. The SMILES string of the molecule is CC(C)C(NC(=O)C(NC(=O)C1Cc2c([nH]c3ccccc23)C2c3ccccc3C(=O)N12)C(C)C)C(=O)O. The lowest BCUT2D eigenvalue weighted by atomic mass is 9.89. The molecule has 2 aliphatic heterocycles. The number of aromatic nitrogens is 1. The Morgan fingerprint density at radius 3 is 2.29 bits per heavy atom. The van der Waals surface area contributed by atoms with Crippen molar-refractivity contribution in [2.45, 2.75) is 58.3 Å². The number of carbonyl (C=O) groups excluding carboxylic acids is 3. The Morgan fingerprint density at radius 2 is 1.61 bits per heavy atom. The summed E-state index contributed by atoms with van der Waals surface area (Å²) in [5, 5.41) is 15.9. The molecule has 0 bridgehead atoms. The molecule has 38 heavy (non-hydrogen) atoms. The molecule has 5 rings (SSSR count). The molecule has 198 valence electrons. The maximum atomic E-state index is 13.9. The molecule has 0 radical (unpaired) electrons. The summed E-state index contributed by atoms with van der Waals surface area (Å²) in [7, 11) is 0. The van der Waals surface area contributed by atoms with E-state index in [1.807, 2.05) is 42.5 Å². The van der Waals surface area contributed by atoms with Gasteiger partial charge in [0.1, 0.15) is 18.1 Å². The van der Waals surface area contributed by atoms with E-state index in [4.69, 9.17) is 0 Å². The van der Waals surface area contributed by atoms with Gasteiger partial charge in [0, 0.05) is 28.6 Å². The van der Waals surface area contributed by atoms with Crippen molar-refractivity contribution in [1.82, 2.24) is 20.5 Å². The second kappa shape index (κ2) is 9.63. The third-order valence-corrected chi connectivity index (χ3v) is 7.63. The highest BCUT2D eigenvalue weighted by atomic mass is 16.4. The number of H-pyrrole nitrogens is 1. The number of aromatic amines is 1. The van der Waals surface area contributed by atoms with Gasteiger partial charge in [-0.3, -0.25) is 14.4 Å². The van der Waals surface area contributed by atoms with Crippen LogP contribution in [-0.2, 0) is 20.8 Å². The van der Waals surface area contributed by atoms with Crippen molar-refractivity contribution in [3.05, 3.63) is 70.9 Å². The van der Waals surface area contributed by atoms with E-state index in [1.54, 1.807) is 38.7 Å². The van der Waals surface area contributed by atoms with E-state index in [9.17, 15) is 24.3 Å². The molecule has 4 unspecified atom stereocenters. The van der Waals surface area contributed by atoms with Crippen LogP contribution >= 0.6 is 0 Å². The number of amides is 3. The smallest absolute Gasteiger partial charge is 0.326 e. The maximum Gasteiger partial charge on any atom is 0.326 e. The van der Waals surface area contributed by atoms with Gasteiger partial charge in [-0.1, -0.05) is 64.1 Å². The summed E-state index contributed by atoms with van der Waals surface area (Å²) in [5.41, 5.74) is 4.20. The van der Waals surface area contributed by atoms with Gasteiger partial charge in [-0.15, -0.1) is 0 Å². The van der Waals surface area contributed by atoms with Crippen molar-refractivity contribution in [3.63, 3.8) is 0 Å². The van der Waals surface area contributed by atoms with Crippen molar-refractivity contribution in [2.24, 2.45) is 11.8 Å². The zero-order valence-corrected chi connectivity index (χ0v) is 21.8. The summed E-state index contributed by atoms with van der Waals surface area (Å²) in [6.45, 7) is 6.99. The molecule has 4 N–H and O–H groups in total. The average Bonchev–Trinajstić information content (AvgIpc) is 3.40. The Labute approximate surface area is 220 Å². The van der Waals surface area contributed by atoms with Crippen molar-refractivity contribution in [1.29, 1.82) is 0 Å². The number of hydrogen-bond donors (Lipinski definition) is 4. The molecule has 0 fully saturated rings. The van der Waals surface area contributed by atoms with Crippen molar-refractivity contribution >= 4 is 34.6 Å². The maximum absolute atomic E-state index is 13.9. The number of carboxylic acid groups (broad SMARTS) is 1. The molecule has 1 aromatic heterocycles. The van der Waals surface area contributed by atoms with Gasteiger partial charge in [-0.2, -0.15) is 0 Å². The third-order valence-electron chi connectivity index (χ3n) is 7.63. The molecule has 3 aromatic rings. The largest absolute Gasteiger partial charge is 0.480 e. The second-order valence-corrected chi connectivity index (χ2v) is 10.8. The number of carboxylic acids is 1. The highest BCUT2D eigenvalue weighted by Crippen LogP contribution is 2.46. The summed E-state index contributed by atoms with van der Waals surface area (Å²) in [6, 6.07) is 11.9. The highest BCUT2D eigenvalue weighted by Gasteiger charge is 2.49. The molecule has 2 aromatic carbocycles. The molecule has 2 aliphatic rings. The van der Waals surface area contributed by atoms with Crippen molar-refractivity contribution in [3.8, 4) is 0 Å². The number of rotatable bonds is 7. The molecular formula is C29H32N4O5. The predicted molar refractivity (Wildman–Crippen MR) is 141 cm³/mol. The van der Waals surface area contributed by atoms with E-state index in [-0.39, 0.29) is 24.2 Å². The Balaban J connectivity index is 1.50. The first-order chi connectivity index (χ1) is 18.1. The van der Waals surface area contributed by atoms with Crippen LogP contribution in [0.4, 0.5) is 0 Å². The normalized spacial score (nSPS) is 19.6. The Kier molecular flexibility index (Phi) is 6.46. The van der Waals surface area contributed by atoms with Gasteiger partial charge in [0.15, 0.2) is 0 Å². The number of nitrogens with one attached hydrogen (secondary N) is 3. The van der Waals surface area contributed by atoms with Gasteiger partial charge in [-0.05, 0) is 35.1 Å². The minimum absolute atomic E-state index is 0.230. The monoisotopic (exact) mass is 516 g/mol. The molecule has 9 heteroatoms. The minimum atomic E-state index is -1.13. The molecule has 0 aliphatic carbocycles. The average molecular weight is 517 g/mol. The quantitative estimate of drug-likeness (QED) is 0.383. The fourth-order valence-electron chi connectivity index (χ4n) is 5.68. The molecule has 9 nitrogen and oxygen atoms in total. The summed E-state index contributed by atoms with van der Waals surface area (Å²) < 4.78 is 0. The van der Waals surface area contributed by atoms with Crippen LogP contribution in [0, 0.1) is 11.8 Å². The van der Waals surface area contributed by atoms with E-state index in [2.05, 4.69) is 15.6 Å². The second-order valence-electron chi connectivity index (χ2n) is 10.8. The molecule has 4 atom stereocenters. The van der Waals surface area contributed by atoms with E-state index < -0.39 is 42.0 Å². The van der Waals surface area contributed by atoms with Crippen LogP contribution in [0.1, 0.15) is 60.9 Å². The van der Waals surface area contributed by atoms with Gasteiger partial charge in [-0.25, -0.2) is 4.79 Å². The zero-order valence-electron chi connectivity index (χ0n) is 21.8. The van der Waals surface area contributed by atoms with Crippen molar-refractivity contribution in [2.75, 3.05) is 0 Å². The number of fused-ring (bicyclic) bond motifs is 7. The number of aliphatic carboxylic acids is 1. The minimum Gasteiger partial charge on any atom is -0.480 e. The number of nitrogens with zero attached hydrogens (tertiary/aromatic N) is 1. The van der Waals surface area contributed by atoms with Gasteiger partial charge in [0.25, 0.3) is 5.91 Å². The summed E-state index contributed by atoms with van der Waals surface area (Å²) in [6.07, 6.45) is 0.289. The molecule has 3 amide bonds. The van der Waals surface area contributed by atoms with Crippen LogP contribution in [0.15, 0.2) is 48.5 Å². The van der Waals surface area contributed by atoms with Crippen LogP contribution in [0.25, 0.3) is 10.9 Å². The summed E-state index contributed by atoms with van der Waals surface area (Å²) in [4.78, 5) is 57.4. The Hall–Kier alpha value is -4.14. The molecule has 0 spiro atoms. The van der Waals surface area contributed by atoms with Gasteiger partial charge in [0.05, 0.1) is 6.04 Å². The molecular weight excluding hydrogens is 484 g/mol. The summed E-state index contributed by atoms with van der Waals surface area (Å²) in [5.74, 6) is -3.02. The first-order valence-electron chi connectivity index (χ1n) is 12.9. The predicted octanol–water partition coefficient (Wildman–Crippen LogP) is 3.00. The lowest BCUT2D eigenvalue weighted by molar-refractivity contribution is -0.143. The fourth-order valence-corrected chi connectivity index (χ4v) is 5.68. The zero-order chi connectivity index (χ0) is 27.3. The lowest BCUT2D eigenvalue weighted by Crippen LogP contribution is -2.59. The first-order valence-corrected chi connectivity index (χ1v) is 12.9. The van der Waals surface area contributed by atoms with Crippen LogP contribution in [0.3, 0.4) is 0 Å². The van der Waals surface area contributed by atoms with E-state index in [0.29, 0.717) is 5.56 Å². The van der Waals surface area contributed by atoms with E-state index in [1.165, 1.54) is 0 Å². The van der Waals surface area contributed by atoms with Crippen LogP contribution in [0.2, 0.25) is 0 Å². The van der Waals surface area contributed by atoms with Gasteiger partial charge >= 0.3 is 5.97 Å². The van der Waals surface area contributed by atoms with Gasteiger partial charge in [0.2, 0.25) is 11.8 Å². The van der Waals surface area contributed by atoms with E-state index in [0.717, 1.165) is 27.7 Å². The van der Waals surface area contributed by atoms with Crippen molar-refractivity contribution < 1.29 is 24.3 Å². The van der Waals surface area contributed by atoms with Crippen LogP contribution < -0.4 is 10.6 Å². The number of para-hydroxylation sites is 1. The first kappa shape index (κ1) is 25.5. The third kappa shape index (κ3) is 4.12. The molecule has 3 heterocycles. The lowest BCUT2D eigenvalue weighted by Gasteiger charge is -2.38. The topological polar surface area (TPSA) is 132 Å². The Bertz CT molecular complexity index is 1440. The van der Waals surface area contributed by atoms with Crippen LogP contribution in [0.5, 0.6) is 0 Å². The summed E-state index contributed by atoms with van der Waals surface area (Å²) >= 11 is 0. The Morgan fingerprint density at radius 1 is 0.947 bits per heavy atom. The fraction of sp³-hybridized carbons (Fsp3) is 0.379. The highest BCUT2D eigenvalue weighted by molar-refractivity contribution is 6.04. The standard InChI is InChI=1S/C29H32N4O5/c1-14(2)22(27(35)32-23(15(3)4)29(37)38)31-26(34)21-13-19-16-9-7-8-12-20(16)30-24(19)25-17-10-5-6-11-18(17)28(36)33(21)25/h5-12,14-15,21-23,25,30H,13H2,1-4H3,(H,31,34)(H,32,35)(H,37,38). The van der Waals surface area contributed by atoms with E-state index >= 15 is 0 Å². The van der Waals surface area contributed by atoms with Crippen LogP contribution in [-0.4, -0.2) is 56.8 Å². The molecule has 0 saturated heterocycles. The number of carbonyl (C=O) groups is 4. The number of hydrogen-bond acceptors (Lipinski definition) is 4.